The van der Waals surface area contributed by atoms with Crippen LogP contribution in [0, 0.1) is 0 Å². The first-order valence-electron chi connectivity index (χ1n) is 6.54. The van der Waals surface area contributed by atoms with Crippen molar-refractivity contribution in [1.82, 2.24) is 15.5 Å². The van der Waals surface area contributed by atoms with E-state index in [0.29, 0.717) is 12.1 Å². The monoisotopic (exact) mass is 241 g/mol. The fourth-order valence-electron chi connectivity index (χ4n) is 2.19. The van der Waals surface area contributed by atoms with E-state index in [1.165, 1.54) is 45.2 Å². The minimum atomic E-state index is 0.597. The first-order chi connectivity index (χ1) is 7.75. The average Bonchev–Trinajstić information content (AvgIpc) is 3.11. The summed E-state index contributed by atoms with van der Waals surface area (Å²) in [6, 6.07) is 1.25. The van der Waals surface area contributed by atoms with Gasteiger partial charge in [0.1, 0.15) is 0 Å². The second-order valence-corrected chi connectivity index (χ2v) is 5.48. The lowest BCUT2D eigenvalue weighted by Gasteiger charge is -2.32. The van der Waals surface area contributed by atoms with Gasteiger partial charge in [-0.3, -0.25) is 4.90 Å². The molecule has 0 spiro atoms. The Morgan fingerprint density at radius 2 is 2.00 bits per heavy atom. The van der Waals surface area contributed by atoms with Crippen molar-refractivity contribution in [3.63, 3.8) is 0 Å². The maximum Gasteiger partial charge on any atom is 0.166 e. The molecule has 4 heteroatoms. The highest BCUT2D eigenvalue weighted by Gasteiger charge is 2.22. The van der Waals surface area contributed by atoms with Gasteiger partial charge in [0.05, 0.1) is 0 Å². The molecule has 2 aliphatic rings. The number of hydrogen-bond acceptors (Lipinski definition) is 2. The van der Waals surface area contributed by atoms with Crippen LogP contribution < -0.4 is 10.6 Å². The van der Waals surface area contributed by atoms with Crippen LogP contribution in [0.4, 0.5) is 0 Å². The van der Waals surface area contributed by atoms with Crippen molar-refractivity contribution in [3.8, 4) is 0 Å². The van der Waals surface area contributed by atoms with E-state index in [4.69, 9.17) is 12.2 Å². The van der Waals surface area contributed by atoms with Gasteiger partial charge >= 0.3 is 0 Å². The summed E-state index contributed by atoms with van der Waals surface area (Å²) >= 11 is 5.25. The molecule has 92 valence electrons. The molecule has 2 fully saturated rings. The molecule has 0 radical (unpaired) electrons. The molecule has 1 unspecified atom stereocenters. The normalized spacial score (nSPS) is 23.8. The van der Waals surface area contributed by atoms with Crippen LogP contribution in [0.2, 0.25) is 0 Å². The Morgan fingerprint density at radius 1 is 1.31 bits per heavy atom. The summed E-state index contributed by atoms with van der Waals surface area (Å²) in [5.41, 5.74) is 0. The Balaban J connectivity index is 1.61. The highest BCUT2D eigenvalue weighted by molar-refractivity contribution is 7.80. The number of likely N-dealkylation sites (tertiary alicyclic amines) is 1. The van der Waals surface area contributed by atoms with Crippen LogP contribution >= 0.6 is 12.2 Å². The summed E-state index contributed by atoms with van der Waals surface area (Å²) in [4.78, 5) is 2.57. The van der Waals surface area contributed by atoms with Gasteiger partial charge in [-0.2, -0.15) is 0 Å². The Bertz CT molecular complexity index is 234. The lowest BCUT2D eigenvalue weighted by atomic mass is 10.1. The van der Waals surface area contributed by atoms with Crippen LogP contribution in [0.3, 0.4) is 0 Å². The molecule has 2 N–H and O–H groups in total. The zero-order chi connectivity index (χ0) is 11.4. The Kier molecular flexibility index (Phi) is 4.41. The summed E-state index contributed by atoms with van der Waals surface area (Å²) in [5.74, 6) is 0. The molecular weight excluding hydrogens is 218 g/mol. The van der Waals surface area contributed by atoms with Crippen molar-refractivity contribution >= 4 is 17.3 Å². The molecule has 0 bridgehead atoms. The van der Waals surface area contributed by atoms with Gasteiger partial charge in [-0.1, -0.05) is 6.42 Å². The summed E-state index contributed by atoms with van der Waals surface area (Å²) < 4.78 is 0. The number of rotatable bonds is 4. The maximum absolute atomic E-state index is 5.25. The minimum Gasteiger partial charge on any atom is -0.361 e. The summed E-state index contributed by atoms with van der Waals surface area (Å²) in [7, 11) is 0. The maximum atomic E-state index is 5.25. The van der Waals surface area contributed by atoms with Gasteiger partial charge in [-0.25, -0.2) is 0 Å². The van der Waals surface area contributed by atoms with Gasteiger partial charge in [-0.05, 0) is 57.9 Å². The fourth-order valence-corrected chi connectivity index (χ4v) is 2.44. The van der Waals surface area contributed by atoms with E-state index in [0.717, 1.165) is 11.7 Å². The highest BCUT2D eigenvalue weighted by atomic mass is 32.1. The largest absolute Gasteiger partial charge is 0.361 e. The van der Waals surface area contributed by atoms with Crippen molar-refractivity contribution in [1.29, 1.82) is 0 Å². The molecular formula is C12H23N3S. The van der Waals surface area contributed by atoms with E-state index in [-0.39, 0.29) is 0 Å². The zero-order valence-corrected chi connectivity index (χ0v) is 11.0. The van der Waals surface area contributed by atoms with Gasteiger partial charge in [0.25, 0.3) is 0 Å². The summed E-state index contributed by atoms with van der Waals surface area (Å²) in [6.45, 7) is 5.77. The number of piperidine rings is 1. The number of nitrogens with one attached hydrogen (secondary N) is 2. The molecule has 1 aliphatic heterocycles. The van der Waals surface area contributed by atoms with Gasteiger partial charge in [0, 0.05) is 18.6 Å². The van der Waals surface area contributed by atoms with Gasteiger partial charge < -0.3 is 10.6 Å². The molecule has 0 aromatic heterocycles. The summed E-state index contributed by atoms with van der Waals surface area (Å²) in [5, 5.41) is 7.48. The van der Waals surface area contributed by atoms with E-state index < -0.39 is 0 Å². The zero-order valence-electron chi connectivity index (χ0n) is 10.2. The quantitative estimate of drug-likeness (QED) is 0.729. The molecule has 1 aliphatic carbocycles. The van der Waals surface area contributed by atoms with Crippen molar-refractivity contribution in [2.45, 2.75) is 51.1 Å². The first-order valence-corrected chi connectivity index (χ1v) is 6.95. The molecule has 0 aromatic rings. The molecule has 1 atom stereocenters. The number of hydrogen-bond donors (Lipinski definition) is 2. The average molecular weight is 241 g/mol. The molecule has 1 saturated heterocycles. The molecule has 3 nitrogen and oxygen atoms in total. The fraction of sp³-hybridized carbons (Fsp3) is 0.917. The van der Waals surface area contributed by atoms with Gasteiger partial charge in [0.2, 0.25) is 0 Å². The van der Waals surface area contributed by atoms with Crippen LogP contribution in [-0.4, -0.2) is 41.7 Å². The first kappa shape index (κ1) is 12.1. The van der Waals surface area contributed by atoms with E-state index in [1.807, 2.05) is 0 Å². The van der Waals surface area contributed by atoms with Crippen LogP contribution in [0.25, 0.3) is 0 Å². The van der Waals surface area contributed by atoms with Crippen molar-refractivity contribution in [2.75, 3.05) is 19.6 Å². The van der Waals surface area contributed by atoms with E-state index in [1.54, 1.807) is 0 Å². The smallest absolute Gasteiger partial charge is 0.166 e. The lowest BCUT2D eigenvalue weighted by molar-refractivity contribution is 0.174. The van der Waals surface area contributed by atoms with Gasteiger partial charge in [-0.15, -0.1) is 0 Å². The van der Waals surface area contributed by atoms with Crippen LogP contribution in [0.5, 0.6) is 0 Å². The third-order valence-corrected chi connectivity index (χ3v) is 3.75. The minimum absolute atomic E-state index is 0.597. The molecule has 2 rings (SSSR count). The molecule has 0 amide bonds. The second kappa shape index (κ2) is 5.82. The molecule has 0 aromatic carbocycles. The molecule has 1 heterocycles. The second-order valence-electron chi connectivity index (χ2n) is 5.07. The van der Waals surface area contributed by atoms with Crippen LogP contribution in [0.1, 0.15) is 39.0 Å². The number of nitrogens with zero attached hydrogens (tertiary/aromatic N) is 1. The van der Waals surface area contributed by atoms with Gasteiger partial charge in [0.15, 0.2) is 5.11 Å². The molecule has 16 heavy (non-hydrogen) atoms. The van der Waals surface area contributed by atoms with Crippen molar-refractivity contribution in [2.24, 2.45) is 0 Å². The topological polar surface area (TPSA) is 27.3 Å². The lowest BCUT2D eigenvalue weighted by Crippen LogP contribution is -2.47. The third-order valence-electron chi connectivity index (χ3n) is 3.48. The Labute approximate surface area is 104 Å². The van der Waals surface area contributed by atoms with Crippen molar-refractivity contribution < 1.29 is 0 Å². The van der Waals surface area contributed by atoms with Crippen LogP contribution in [-0.2, 0) is 0 Å². The van der Waals surface area contributed by atoms with E-state index in [9.17, 15) is 0 Å². The standard InChI is InChI=1S/C12H23N3S/c1-10(15-7-3-2-4-8-15)9-13-12(16)14-11-5-6-11/h10-11H,2-9H2,1H3,(H2,13,14,16). The van der Waals surface area contributed by atoms with Crippen LogP contribution in [0.15, 0.2) is 0 Å². The number of thiocarbonyl (C=S) groups is 1. The molecule has 1 saturated carbocycles. The van der Waals surface area contributed by atoms with E-state index in [2.05, 4.69) is 22.5 Å². The predicted molar refractivity (Wildman–Crippen MR) is 71.6 cm³/mol. The predicted octanol–water partition coefficient (Wildman–Crippen LogP) is 1.49. The SMILES string of the molecule is CC(CNC(=S)NC1CC1)N1CCCCC1. The summed E-state index contributed by atoms with van der Waals surface area (Å²) in [6.07, 6.45) is 6.68. The Morgan fingerprint density at radius 3 is 2.62 bits per heavy atom. The highest BCUT2D eigenvalue weighted by Crippen LogP contribution is 2.18. The Hall–Kier alpha value is -0.350. The van der Waals surface area contributed by atoms with E-state index >= 15 is 0 Å². The van der Waals surface area contributed by atoms with Crippen molar-refractivity contribution in [3.05, 3.63) is 0 Å². The third kappa shape index (κ3) is 3.91.